The second-order valence-corrected chi connectivity index (χ2v) is 5.79. The molecule has 3 nitrogen and oxygen atoms in total. The molecule has 1 aliphatic rings. The molecule has 19 heavy (non-hydrogen) atoms. The molecule has 1 fully saturated rings. The molecule has 0 aromatic heterocycles. The van der Waals surface area contributed by atoms with Crippen molar-refractivity contribution in [1.82, 2.24) is 15.1 Å². The maximum Gasteiger partial charge on any atom is 0.0237 e. The first kappa shape index (κ1) is 14.5. The van der Waals surface area contributed by atoms with Gasteiger partial charge in [0.15, 0.2) is 0 Å². The van der Waals surface area contributed by atoms with E-state index >= 15 is 0 Å². The molecule has 0 radical (unpaired) electrons. The van der Waals surface area contributed by atoms with Crippen LogP contribution in [0.1, 0.15) is 24.0 Å². The van der Waals surface area contributed by atoms with Crippen LogP contribution in [0, 0.1) is 0 Å². The normalized spacial score (nSPS) is 20.9. The van der Waals surface area contributed by atoms with E-state index in [2.05, 4.69) is 53.5 Å². The van der Waals surface area contributed by atoms with Crippen molar-refractivity contribution in [1.29, 1.82) is 0 Å². The molecular formula is C16H27N3. The van der Waals surface area contributed by atoms with Gasteiger partial charge in [-0.05, 0) is 51.7 Å². The Morgan fingerprint density at radius 3 is 2.68 bits per heavy atom. The van der Waals surface area contributed by atoms with Crippen LogP contribution in [0.5, 0.6) is 0 Å². The van der Waals surface area contributed by atoms with E-state index in [0.29, 0.717) is 6.04 Å². The van der Waals surface area contributed by atoms with E-state index in [-0.39, 0.29) is 0 Å². The average molecular weight is 261 g/mol. The average Bonchev–Trinajstić information content (AvgIpc) is 2.41. The summed E-state index contributed by atoms with van der Waals surface area (Å²) in [7, 11) is 6.41. The Kier molecular flexibility index (Phi) is 5.37. The molecule has 1 aromatic carbocycles. The van der Waals surface area contributed by atoms with Crippen LogP contribution < -0.4 is 5.32 Å². The second-order valence-electron chi connectivity index (χ2n) is 5.79. The molecule has 0 spiro atoms. The number of hydrogen-bond acceptors (Lipinski definition) is 3. The first-order valence-electron chi connectivity index (χ1n) is 7.31. The Balaban J connectivity index is 2.00. The van der Waals surface area contributed by atoms with Gasteiger partial charge in [-0.3, -0.25) is 4.90 Å². The van der Waals surface area contributed by atoms with Gasteiger partial charge in [0.05, 0.1) is 0 Å². The quantitative estimate of drug-likeness (QED) is 0.874. The summed E-state index contributed by atoms with van der Waals surface area (Å²) < 4.78 is 0. The van der Waals surface area contributed by atoms with Crippen LogP contribution in [0.15, 0.2) is 24.3 Å². The SMILES string of the molecule is CNCc1ccccc1CN1CCCC(N(C)C)C1. The predicted molar refractivity (Wildman–Crippen MR) is 81.2 cm³/mol. The van der Waals surface area contributed by atoms with Crippen molar-refractivity contribution in [3.05, 3.63) is 35.4 Å². The fourth-order valence-electron chi connectivity index (χ4n) is 2.91. The summed E-state index contributed by atoms with van der Waals surface area (Å²) in [6.07, 6.45) is 2.65. The lowest BCUT2D eigenvalue weighted by Gasteiger charge is -2.36. The van der Waals surface area contributed by atoms with Crippen molar-refractivity contribution in [2.45, 2.75) is 32.0 Å². The maximum absolute atomic E-state index is 3.26. The largest absolute Gasteiger partial charge is 0.316 e. The summed E-state index contributed by atoms with van der Waals surface area (Å²) in [5, 5.41) is 3.26. The van der Waals surface area contributed by atoms with Crippen LogP contribution in [0.4, 0.5) is 0 Å². The lowest BCUT2D eigenvalue weighted by atomic mass is 10.0. The lowest BCUT2D eigenvalue weighted by molar-refractivity contribution is 0.127. The van der Waals surface area contributed by atoms with E-state index in [1.165, 1.54) is 37.1 Å². The molecule has 0 bridgehead atoms. The van der Waals surface area contributed by atoms with E-state index < -0.39 is 0 Å². The standard InChI is InChI=1S/C16H27N3/c1-17-11-14-7-4-5-8-15(14)12-19-10-6-9-16(13-19)18(2)3/h4-5,7-8,16-17H,6,9-13H2,1-3H3. The highest BCUT2D eigenvalue weighted by Crippen LogP contribution is 2.18. The number of benzene rings is 1. The van der Waals surface area contributed by atoms with Crippen LogP contribution in [-0.4, -0.2) is 50.1 Å². The van der Waals surface area contributed by atoms with Crippen molar-refractivity contribution in [3.63, 3.8) is 0 Å². The monoisotopic (exact) mass is 261 g/mol. The summed E-state index contributed by atoms with van der Waals surface area (Å²) in [5.41, 5.74) is 2.90. The lowest BCUT2D eigenvalue weighted by Crippen LogP contribution is -2.44. The third-order valence-electron chi connectivity index (χ3n) is 4.09. The topological polar surface area (TPSA) is 18.5 Å². The minimum atomic E-state index is 0.713. The summed E-state index contributed by atoms with van der Waals surface area (Å²) in [6, 6.07) is 9.51. The molecule has 3 heteroatoms. The van der Waals surface area contributed by atoms with E-state index in [1.54, 1.807) is 0 Å². The Morgan fingerprint density at radius 2 is 2.00 bits per heavy atom. The van der Waals surface area contributed by atoms with Gasteiger partial charge in [0.2, 0.25) is 0 Å². The molecule has 1 atom stereocenters. The van der Waals surface area contributed by atoms with E-state index in [9.17, 15) is 0 Å². The molecule has 0 aliphatic carbocycles. The minimum absolute atomic E-state index is 0.713. The van der Waals surface area contributed by atoms with Gasteiger partial charge >= 0.3 is 0 Å². The van der Waals surface area contributed by atoms with Gasteiger partial charge in [-0.25, -0.2) is 0 Å². The molecule has 1 N–H and O–H groups in total. The van der Waals surface area contributed by atoms with Crippen LogP contribution in [0.25, 0.3) is 0 Å². The summed E-state index contributed by atoms with van der Waals surface area (Å²) in [5.74, 6) is 0. The van der Waals surface area contributed by atoms with Crippen molar-refractivity contribution >= 4 is 0 Å². The van der Waals surface area contributed by atoms with Crippen molar-refractivity contribution < 1.29 is 0 Å². The Hall–Kier alpha value is -0.900. The van der Waals surface area contributed by atoms with Gasteiger partial charge < -0.3 is 10.2 Å². The van der Waals surface area contributed by atoms with Crippen molar-refractivity contribution in [2.75, 3.05) is 34.2 Å². The fraction of sp³-hybridized carbons (Fsp3) is 0.625. The molecule has 0 amide bonds. The molecule has 2 rings (SSSR count). The van der Waals surface area contributed by atoms with E-state index in [0.717, 1.165) is 13.1 Å². The highest BCUT2D eigenvalue weighted by Gasteiger charge is 2.21. The van der Waals surface area contributed by atoms with Gasteiger partial charge in [0, 0.05) is 25.7 Å². The number of likely N-dealkylation sites (N-methyl/N-ethyl adjacent to an activating group) is 1. The summed E-state index contributed by atoms with van der Waals surface area (Å²) >= 11 is 0. The molecule has 1 heterocycles. The first-order valence-corrected chi connectivity index (χ1v) is 7.31. The molecule has 1 unspecified atom stereocenters. The Labute approximate surface area is 117 Å². The van der Waals surface area contributed by atoms with Crippen molar-refractivity contribution in [3.8, 4) is 0 Å². The first-order chi connectivity index (χ1) is 9.20. The van der Waals surface area contributed by atoms with Crippen LogP contribution in [0.3, 0.4) is 0 Å². The highest BCUT2D eigenvalue weighted by molar-refractivity contribution is 5.27. The number of nitrogens with one attached hydrogen (secondary N) is 1. The van der Waals surface area contributed by atoms with E-state index in [4.69, 9.17) is 0 Å². The molecule has 1 aromatic rings. The summed E-state index contributed by atoms with van der Waals surface area (Å²) in [4.78, 5) is 4.97. The maximum atomic E-state index is 3.26. The molecule has 1 aliphatic heterocycles. The number of piperidine rings is 1. The fourth-order valence-corrected chi connectivity index (χ4v) is 2.91. The summed E-state index contributed by atoms with van der Waals surface area (Å²) in [6.45, 7) is 4.47. The van der Waals surface area contributed by atoms with Gasteiger partial charge in [-0.1, -0.05) is 24.3 Å². The second kappa shape index (κ2) is 7.04. The smallest absolute Gasteiger partial charge is 0.0237 e. The molecule has 1 saturated heterocycles. The minimum Gasteiger partial charge on any atom is -0.316 e. The van der Waals surface area contributed by atoms with Gasteiger partial charge in [-0.2, -0.15) is 0 Å². The molecular weight excluding hydrogens is 234 g/mol. The van der Waals surface area contributed by atoms with Gasteiger partial charge in [-0.15, -0.1) is 0 Å². The third kappa shape index (κ3) is 4.03. The zero-order valence-electron chi connectivity index (χ0n) is 12.5. The van der Waals surface area contributed by atoms with Crippen molar-refractivity contribution in [2.24, 2.45) is 0 Å². The highest BCUT2D eigenvalue weighted by atomic mass is 15.2. The molecule has 0 saturated carbocycles. The van der Waals surface area contributed by atoms with Crippen LogP contribution >= 0.6 is 0 Å². The number of hydrogen-bond donors (Lipinski definition) is 1. The zero-order chi connectivity index (χ0) is 13.7. The van der Waals surface area contributed by atoms with Gasteiger partial charge in [0.1, 0.15) is 0 Å². The third-order valence-corrected chi connectivity index (χ3v) is 4.09. The Bertz CT molecular complexity index is 389. The number of likely N-dealkylation sites (tertiary alicyclic amines) is 1. The van der Waals surface area contributed by atoms with Crippen LogP contribution in [0.2, 0.25) is 0 Å². The number of rotatable bonds is 5. The predicted octanol–water partition coefficient (Wildman–Crippen LogP) is 1.93. The number of nitrogens with zero attached hydrogens (tertiary/aromatic N) is 2. The molecule has 106 valence electrons. The van der Waals surface area contributed by atoms with Gasteiger partial charge in [0.25, 0.3) is 0 Å². The van der Waals surface area contributed by atoms with Crippen LogP contribution in [-0.2, 0) is 13.1 Å². The zero-order valence-corrected chi connectivity index (χ0v) is 12.5. The van der Waals surface area contributed by atoms with E-state index in [1.807, 2.05) is 7.05 Å². The Morgan fingerprint density at radius 1 is 1.26 bits per heavy atom.